The van der Waals surface area contributed by atoms with E-state index in [9.17, 15) is 4.39 Å². The van der Waals surface area contributed by atoms with Crippen LogP contribution in [0.5, 0.6) is 0 Å². The highest BCUT2D eigenvalue weighted by atomic mass is 19.1. The molecule has 0 spiro atoms. The average Bonchev–Trinajstić information content (AvgIpc) is 3.48. The molecular formula is C28H23FN6. The fraction of sp³-hybridized carbons (Fsp3) is 0.107. The number of anilines is 1. The van der Waals surface area contributed by atoms with Gasteiger partial charge in [-0.25, -0.2) is 9.37 Å². The smallest absolute Gasteiger partial charge is 0.181 e. The monoisotopic (exact) mass is 462 g/mol. The van der Waals surface area contributed by atoms with Crippen molar-refractivity contribution in [1.29, 1.82) is 0 Å². The Morgan fingerprint density at radius 1 is 0.857 bits per heavy atom. The third-order valence-electron chi connectivity index (χ3n) is 6.03. The van der Waals surface area contributed by atoms with Gasteiger partial charge in [-0.05, 0) is 61.4 Å². The second kappa shape index (κ2) is 8.36. The van der Waals surface area contributed by atoms with Crippen LogP contribution in [0.1, 0.15) is 13.8 Å². The number of fused-ring (bicyclic) bond motifs is 2. The molecule has 0 aliphatic carbocycles. The molecule has 0 fully saturated rings. The van der Waals surface area contributed by atoms with Gasteiger partial charge in [-0.3, -0.25) is 10.1 Å². The molecule has 3 N–H and O–H groups in total. The van der Waals surface area contributed by atoms with Crippen molar-refractivity contribution in [3.8, 4) is 33.6 Å². The summed E-state index contributed by atoms with van der Waals surface area (Å²) in [5.41, 5.74) is 8.31. The second-order valence-corrected chi connectivity index (χ2v) is 8.91. The van der Waals surface area contributed by atoms with Gasteiger partial charge in [-0.2, -0.15) is 5.10 Å². The molecule has 0 saturated carbocycles. The molecule has 0 atom stereocenters. The molecule has 0 bridgehead atoms. The van der Waals surface area contributed by atoms with Gasteiger partial charge in [0, 0.05) is 52.0 Å². The summed E-state index contributed by atoms with van der Waals surface area (Å²) in [6, 6.07) is 19.2. The molecule has 0 saturated heterocycles. The van der Waals surface area contributed by atoms with Crippen LogP contribution in [-0.4, -0.2) is 31.2 Å². The van der Waals surface area contributed by atoms with E-state index >= 15 is 0 Å². The zero-order chi connectivity index (χ0) is 23.9. The van der Waals surface area contributed by atoms with Crippen LogP contribution in [0, 0.1) is 5.82 Å². The first-order valence-electron chi connectivity index (χ1n) is 11.5. The van der Waals surface area contributed by atoms with Crippen molar-refractivity contribution in [2.45, 2.75) is 19.9 Å². The first-order chi connectivity index (χ1) is 17.0. The Kier molecular flexibility index (Phi) is 5.03. The molecular weight excluding hydrogens is 439 g/mol. The maximum atomic E-state index is 13.5. The van der Waals surface area contributed by atoms with Crippen molar-refractivity contribution in [2.24, 2.45) is 0 Å². The van der Waals surface area contributed by atoms with Crippen molar-refractivity contribution >= 4 is 27.6 Å². The van der Waals surface area contributed by atoms with Crippen LogP contribution in [0.15, 0.2) is 79.3 Å². The summed E-state index contributed by atoms with van der Waals surface area (Å²) in [5.74, 6) is -0.247. The Hall–Kier alpha value is -4.52. The number of rotatable bonds is 5. The number of pyridine rings is 2. The predicted molar refractivity (Wildman–Crippen MR) is 139 cm³/mol. The van der Waals surface area contributed by atoms with E-state index in [2.05, 4.69) is 62.5 Å². The van der Waals surface area contributed by atoms with Gasteiger partial charge in [0.25, 0.3) is 0 Å². The second-order valence-electron chi connectivity index (χ2n) is 8.91. The summed E-state index contributed by atoms with van der Waals surface area (Å²) in [5, 5.41) is 12.9. The molecule has 0 aliphatic rings. The Morgan fingerprint density at radius 2 is 1.69 bits per heavy atom. The molecule has 6 nitrogen and oxygen atoms in total. The number of H-pyrrole nitrogens is 2. The summed E-state index contributed by atoms with van der Waals surface area (Å²) in [4.78, 5) is 12.5. The zero-order valence-corrected chi connectivity index (χ0v) is 19.3. The first kappa shape index (κ1) is 21.0. The lowest BCUT2D eigenvalue weighted by atomic mass is 10.0. The van der Waals surface area contributed by atoms with E-state index in [0.29, 0.717) is 11.7 Å². The highest BCUT2D eigenvalue weighted by molar-refractivity contribution is 6.01. The standard InChI is InChI=1S/C28H23FN6/c1-16(2)32-21-10-18(13-30-15-21)19-11-24-27(34-35-28(24)31-14-19)26-12-23-22(4-3-5-25(23)33-26)17-6-8-20(29)9-7-17/h3-16,32-33H,1-2H3,(H,31,34,35). The minimum Gasteiger partial charge on any atom is -0.382 e. The molecule has 172 valence electrons. The third-order valence-corrected chi connectivity index (χ3v) is 6.03. The van der Waals surface area contributed by atoms with E-state index < -0.39 is 0 Å². The van der Waals surface area contributed by atoms with Crippen molar-refractivity contribution in [3.63, 3.8) is 0 Å². The lowest BCUT2D eigenvalue weighted by Crippen LogP contribution is -2.09. The van der Waals surface area contributed by atoms with Crippen molar-refractivity contribution < 1.29 is 4.39 Å². The quantitative estimate of drug-likeness (QED) is 0.263. The number of nitrogens with zero attached hydrogens (tertiary/aromatic N) is 3. The van der Waals surface area contributed by atoms with Crippen LogP contribution in [-0.2, 0) is 0 Å². The first-order valence-corrected chi connectivity index (χ1v) is 11.5. The van der Waals surface area contributed by atoms with E-state index in [1.807, 2.05) is 36.8 Å². The summed E-state index contributed by atoms with van der Waals surface area (Å²) in [6.07, 6.45) is 5.48. The van der Waals surface area contributed by atoms with Crippen molar-refractivity contribution in [3.05, 3.63) is 85.1 Å². The minimum absolute atomic E-state index is 0.247. The van der Waals surface area contributed by atoms with Gasteiger partial charge in [0.2, 0.25) is 0 Å². The summed E-state index contributed by atoms with van der Waals surface area (Å²) in [6.45, 7) is 4.19. The van der Waals surface area contributed by atoms with Crippen LogP contribution < -0.4 is 5.32 Å². The molecule has 2 aromatic carbocycles. The van der Waals surface area contributed by atoms with Crippen LogP contribution in [0.25, 0.3) is 55.6 Å². The minimum atomic E-state index is -0.247. The molecule has 4 heterocycles. The molecule has 0 amide bonds. The SMILES string of the molecule is CC(C)Nc1cncc(-c2cnc3n[nH]c(-c4cc5c(-c6ccc(F)cc6)cccc5[nH]4)c3c2)c1. The van der Waals surface area contributed by atoms with Gasteiger partial charge in [-0.15, -0.1) is 0 Å². The maximum Gasteiger partial charge on any atom is 0.181 e. The Bertz CT molecular complexity index is 1660. The van der Waals surface area contributed by atoms with E-state index in [-0.39, 0.29) is 5.82 Å². The van der Waals surface area contributed by atoms with E-state index in [4.69, 9.17) is 0 Å². The largest absolute Gasteiger partial charge is 0.382 e. The molecule has 7 heteroatoms. The molecule has 0 radical (unpaired) electrons. The van der Waals surface area contributed by atoms with Crippen LogP contribution >= 0.6 is 0 Å². The molecule has 35 heavy (non-hydrogen) atoms. The number of benzene rings is 2. The molecule has 0 unspecified atom stereocenters. The number of halogens is 1. The average molecular weight is 463 g/mol. The Labute approximate surface area is 201 Å². The van der Waals surface area contributed by atoms with E-state index in [1.165, 1.54) is 12.1 Å². The predicted octanol–water partition coefficient (Wildman–Crippen LogP) is 6.79. The highest BCUT2D eigenvalue weighted by Gasteiger charge is 2.15. The van der Waals surface area contributed by atoms with E-state index in [1.54, 1.807) is 12.1 Å². The van der Waals surface area contributed by atoms with Gasteiger partial charge < -0.3 is 10.3 Å². The summed E-state index contributed by atoms with van der Waals surface area (Å²) < 4.78 is 13.5. The fourth-order valence-corrected chi connectivity index (χ4v) is 4.44. The maximum absolute atomic E-state index is 13.5. The van der Waals surface area contributed by atoms with Gasteiger partial charge in [-0.1, -0.05) is 24.3 Å². The fourth-order valence-electron chi connectivity index (χ4n) is 4.44. The Balaban J connectivity index is 1.44. The highest BCUT2D eigenvalue weighted by Crippen LogP contribution is 2.35. The van der Waals surface area contributed by atoms with Gasteiger partial charge in [0.05, 0.1) is 17.1 Å². The number of hydrogen-bond acceptors (Lipinski definition) is 4. The van der Waals surface area contributed by atoms with E-state index in [0.717, 1.165) is 55.6 Å². The van der Waals surface area contributed by atoms with Crippen LogP contribution in [0.4, 0.5) is 10.1 Å². The molecule has 0 aliphatic heterocycles. The third kappa shape index (κ3) is 3.91. The zero-order valence-electron chi connectivity index (χ0n) is 19.3. The number of nitrogens with one attached hydrogen (secondary N) is 3. The van der Waals surface area contributed by atoms with Crippen molar-refractivity contribution in [2.75, 3.05) is 5.32 Å². The van der Waals surface area contributed by atoms with Gasteiger partial charge in [0.1, 0.15) is 5.82 Å². The molecule has 6 aromatic rings. The molecule has 6 rings (SSSR count). The van der Waals surface area contributed by atoms with Gasteiger partial charge in [0.15, 0.2) is 5.65 Å². The van der Waals surface area contributed by atoms with Crippen LogP contribution in [0.3, 0.4) is 0 Å². The topological polar surface area (TPSA) is 82.3 Å². The lowest BCUT2D eigenvalue weighted by Gasteiger charge is -2.10. The normalized spacial score (nSPS) is 11.5. The molecule has 4 aromatic heterocycles. The summed E-state index contributed by atoms with van der Waals surface area (Å²) >= 11 is 0. The van der Waals surface area contributed by atoms with Crippen LogP contribution in [0.2, 0.25) is 0 Å². The number of aromatic amines is 2. The lowest BCUT2D eigenvalue weighted by molar-refractivity contribution is 0.628. The van der Waals surface area contributed by atoms with Crippen molar-refractivity contribution in [1.82, 2.24) is 25.1 Å². The number of hydrogen-bond donors (Lipinski definition) is 3. The summed E-state index contributed by atoms with van der Waals surface area (Å²) in [7, 11) is 0. The number of aromatic nitrogens is 5. The van der Waals surface area contributed by atoms with Gasteiger partial charge >= 0.3 is 0 Å². The Morgan fingerprint density at radius 3 is 2.51 bits per heavy atom.